The molecule has 1 heterocycles. The van der Waals surface area contributed by atoms with Gasteiger partial charge in [0.2, 0.25) is 0 Å². The van der Waals surface area contributed by atoms with Gasteiger partial charge < -0.3 is 5.11 Å². The zero-order chi connectivity index (χ0) is 8.10. The van der Waals surface area contributed by atoms with Crippen LogP contribution in [0, 0.1) is 0 Å². The minimum Gasteiger partial charge on any atom is -0.391 e. The maximum atomic E-state index is 8.80. The van der Waals surface area contributed by atoms with E-state index < -0.39 is 0 Å². The first-order valence-electron chi connectivity index (χ1n) is 3.56. The lowest BCUT2D eigenvalue weighted by Crippen LogP contribution is -2.34. The Morgan fingerprint density at radius 1 is 1.55 bits per heavy atom. The number of aryl methyl sites for hydroxylation is 1. The third kappa shape index (κ3) is 2.52. The third-order valence-electron chi connectivity index (χ3n) is 1.46. The van der Waals surface area contributed by atoms with E-state index in [-0.39, 0.29) is 6.61 Å². The van der Waals surface area contributed by atoms with Crippen LogP contribution < -0.4 is 4.57 Å². The van der Waals surface area contributed by atoms with Crippen LogP contribution in [0.3, 0.4) is 0 Å². The highest BCUT2D eigenvalue weighted by Crippen LogP contribution is 1.92. The first-order valence-corrected chi connectivity index (χ1v) is 4.20. The predicted molar refractivity (Wildman–Crippen MR) is 46.4 cm³/mol. The molecule has 0 spiro atoms. The Balaban J connectivity index is 2.74. The lowest BCUT2D eigenvalue weighted by molar-refractivity contribution is -0.692. The molecule has 0 radical (unpaired) electrons. The molecule has 0 unspecified atom stereocenters. The van der Waals surface area contributed by atoms with Crippen LogP contribution in [-0.4, -0.2) is 10.9 Å². The Bertz CT molecular complexity index is 227. The van der Waals surface area contributed by atoms with Crippen LogP contribution in [-0.2, 0) is 13.2 Å². The number of aromatic nitrogens is 1. The first-order chi connectivity index (χ1) is 5.36. The summed E-state index contributed by atoms with van der Waals surface area (Å²) in [5.41, 5.74) is 0.939. The molecule has 0 fully saturated rings. The summed E-state index contributed by atoms with van der Waals surface area (Å²) in [4.78, 5) is 0. The molecular weight excluding hydrogens is 158 g/mol. The van der Waals surface area contributed by atoms with E-state index in [2.05, 4.69) is 12.6 Å². The van der Waals surface area contributed by atoms with Gasteiger partial charge in [-0.3, -0.25) is 0 Å². The van der Waals surface area contributed by atoms with Crippen LogP contribution in [0.15, 0.2) is 24.5 Å². The predicted octanol–water partition coefficient (Wildman–Crippen LogP) is 0.396. The van der Waals surface area contributed by atoms with Gasteiger partial charge in [0.25, 0.3) is 0 Å². The van der Waals surface area contributed by atoms with Crippen molar-refractivity contribution in [2.75, 3.05) is 5.75 Å². The molecule has 11 heavy (non-hydrogen) atoms. The maximum Gasteiger partial charge on any atom is 0.174 e. The molecule has 3 heteroatoms. The van der Waals surface area contributed by atoms with Crippen molar-refractivity contribution in [2.24, 2.45) is 0 Å². The van der Waals surface area contributed by atoms with Crippen LogP contribution in [0.25, 0.3) is 0 Å². The molecule has 1 aromatic heterocycles. The number of aliphatic hydroxyl groups excluding tert-OH is 1. The second-order valence-corrected chi connectivity index (χ2v) is 2.78. The number of nitrogens with zero attached hydrogens (tertiary/aromatic N) is 1. The van der Waals surface area contributed by atoms with E-state index in [4.69, 9.17) is 5.11 Å². The quantitative estimate of drug-likeness (QED) is 0.498. The zero-order valence-corrected chi connectivity index (χ0v) is 7.17. The topological polar surface area (TPSA) is 24.1 Å². The smallest absolute Gasteiger partial charge is 0.174 e. The van der Waals surface area contributed by atoms with Crippen molar-refractivity contribution < 1.29 is 9.67 Å². The Labute approximate surface area is 71.9 Å². The Morgan fingerprint density at radius 3 is 3.00 bits per heavy atom. The molecule has 0 saturated heterocycles. The lowest BCUT2D eigenvalue weighted by Gasteiger charge is -1.94. The van der Waals surface area contributed by atoms with Gasteiger partial charge in [-0.25, -0.2) is 4.57 Å². The van der Waals surface area contributed by atoms with Gasteiger partial charge in [-0.05, 0) is 6.07 Å². The molecule has 2 nitrogen and oxygen atoms in total. The van der Waals surface area contributed by atoms with E-state index in [1.807, 2.05) is 29.1 Å². The first kappa shape index (κ1) is 8.56. The molecule has 0 amide bonds. The molecule has 0 atom stereocenters. The van der Waals surface area contributed by atoms with Crippen molar-refractivity contribution in [1.29, 1.82) is 0 Å². The lowest BCUT2D eigenvalue weighted by atomic mass is 10.3. The molecular formula is C8H12NOS+. The van der Waals surface area contributed by atoms with Crippen LogP contribution >= 0.6 is 12.6 Å². The molecule has 1 rings (SSSR count). The Kier molecular flexibility index (Phi) is 3.39. The van der Waals surface area contributed by atoms with Gasteiger partial charge in [-0.1, -0.05) is 0 Å². The summed E-state index contributed by atoms with van der Waals surface area (Å²) in [7, 11) is 0. The van der Waals surface area contributed by atoms with Crippen molar-refractivity contribution in [3.8, 4) is 0 Å². The molecule has 1 N–H and O–H groups in total. The molecule has 0 aliphatic carbocycles. The number of rotatable bonds is 3. The highest BCUT2D eigenvalue weighted by atomic mass is 32.1. The van der Waals surface area contributed by atoms with Gasteiger partial charge in [-0.15, -0.1) is 0 Å². The minimum atomic E-state index is 0.105. The average Bonchev–Trinajstić information content (AvgIpc) is 2.06. The molecule has 1 aromatic rings. The van der Waals surface area contributed by atoms with Gasteiger partial charge in [0, 0.05) is 17.4 Å². The summed E-state index contributed by atoms with van der Waals surface area (Å²) in [5, 5.41) is 8.80. The Morgan fingerprint density at radius 2 is 2.36 bits per heavy atom. The normalized spacial score (nSPS) is 10.0. The molecule has 0 aromatic carbocycles. The van der Waals surface area contributed by atoms with Crippen molar-refractivity contribution in [3.05, 3.63) is 30.1 Å². The fraction of sp³-hybridized carbons (Fsp3) is 0.375. The van der Waals surface area contributed by atoms with Crippen LogP contribution in [0.4, 0.5) is 0 Å². The fourth-order valence-electron chi connectivity index (χ4n) is 0.924. The standard InChI is InChI=1S/C8H11NOS/c10-7-8-2-1-3-9(6-8)4-5-11/h1-3,6,10H,4-5,7H2/p+1. The largest absolute Gasteiger partial charge is 0.391 e. The number of pyridine rings is 1. The van der Waals surface area contributed by atoms with E-state index in [0.29, 0.717) is 0 Å². The van der Waals surface area contributed by atoms with Gasteiger partial charge in [0.05, 0.1) is 6.61 Å². The van der Waals surface area contributed by atoms with Crippen LogP contribution in [0.5, 0.6) is 0 Å². The minimum absolute atomic E-state index is 0.105. The fourth-order valence-corrected chi connectivity index (χ4v) is 1.16. The van der Waals surface area contributed by atoms with Crippen molar-refractivity contribution >= 4 is 12.6 Å². The monoisotopic (exact) mass is 170 g/mol. The number of hydrogen-bond donors (Lipinski definition) is 2. The molecule has 0 aliphatic heterocycles. The van der Waals surface area contributed by atoms with Crippen molar-refractivity contribution in [2.45, 2.75) is 13.2 Å². The highest BCUT2D eigenvalue weighted by Gasteiger charge is 1.98. The summed E-state index contributed by atoms with van der Waals surface area (Å²) in [6.45, 7) is 0.990. The van der Waals surface area contributed by atoms with E-state index in [9.17, 15) is 0 Å². The molecule has 0 bridgehead atoms. The number of thiol groups is 1. The van der Waals surface area contributed by atoms with Crippen molar-refractivity contribution in [1.82, 2.24) is 0 Å². The number of aliphatic hydroxyl groups is 1. The Hall–Kier alpha value is -0.540. The molecule has 0 aliphatic rings. The second-order valence-electron chi connectivity index (χ2n) is 2.33. The van der Waals surface area contributed by atoms with Crippen molar-refractivity contribution in [3.63, 3.8) is 0 Å². The summed E-state index contributed by atoms with van der Waals surface area (Å²) in [6, 6.07) is 3.82. The number of hydrogen-bond acceptors (Lipinski definition) is 2. The van der Waals surface area contributed by atoms with E-state index in [1.165, 1.54) is 0 Å². The zero-order valence-electron chi connectivity index (χ0n) is 6.27. The summed E-state index contributed by atoms with van der Waals surface area (Å²) in [6.07, 6.45) is 3.89. The summed E-state index contributed by atoms with van der Waals surface area (Å²) < 4.78 is 2.01. The van der Waals surface area contributed by atoms with Gasteiger partial charge in [0.1, 0.15) is 0 Å². The third-order valence-corrected chi connectivity index (χ3v) is 1.66. The van der Waals surface area contributed by atoms with Gasteiger partial charge in [-0.2, -0.15) is 12.6 Å². The van der Waals surface area contributed by atoms with E-state index in [1.54, 1.807) is 0 Å². The van der Waals surface area contributed by atoms with Gasteiger partial charge in [0.15, 0.2) is 18.9 Å². The highest BCUT2D eigenvalue weighted by molar-refractivity contribution is 7.80. The van der Waals surface area contributed by atoms with E-state index in [0.717, 1.165) is 17.9 Å². The summed E-state index contributed by atoms with van der Waals surface area (Å²) >= 11 is 4.11. The maximum absolute atomic E-state index is 8.80. The van der Waals surface area contributed by atoms with E-state index >= 15 is 0 Å². The molecule has 60 valence electrons. The molecule has 0 saturated carbocycles. The van der Waals surface area contributed by atoms with Gasteiger partial charge >= 0.3 is 0 Å². The second kappa shape index (κ2) is 4.36. The SMILES string of the molecule is OCc1ccc[n+](CCS)c1. The van der Waals surface area contributed by atoms with Crippen LogP contribution in [0.1, 0.15) is 5.56 Å². The van der Waals surface area contributed by atoms with Crippen LogP contribution in [0.2, 0.25) is 0 Å². The summed E-state index contributed by atoms with van der Waals surface area (Å²) in [5.74, 6) is 0.819. The average molecular weight is 170 g/mol.